The van der Waals surface area contributed by atoms with Crippen molar-refractivity contribution in [3.05, 3.63) is 80.8 Å². The number of aromatic nitrogens is 3. The number of aromatic amines is 1. The van der Waals surface area contributed by atoms with Crippen molar-refractivity contribution < 1.29 is 14.6 Å². The molecule has 28 heavy (non-hydrogen) atoms. The number of rotatable bonds is 5. The monoisotopic (exact) mass is 381 g/mol. The number of carbonyl (C=O) groups excluding carboxylic acids is 1. The Bertz CT molecular complexity index is 1130. The van der Waals surface area contributed by atoms with Gasteiger partial charge in [-0.25, -0.2) is 14.8 Å². The maximum absolute atomic E-state index is 12.1. The van der Waals surface area contributed by atoms with E-state index >= 15 is 0 Å². The maximum Gasteiger partial charge on any atom is 0.335 e. The number of pyridine rings is 1. The van der Waals surface area contributed by atoms with E-state index in [0.29, 0.717) is 17.0 Å². The van der Waals surface area contributed by atoms with Crippen LogP contribution in [-0.2, 0) is 0 Å². The summed E-state index contributed by atoms with van der Waals surface area (Å²) in [7, 11) is 1.49. The number of hydrazone groups is 1. The van der Waals surface area contributed by atoms with E-state index in [1.807, 2.05) is 0 Å². The van der Waals surface area contributed by atoms with E-state index in [9.17, 15) is 19.5 Å². The summed E-state index contributed by atoms with van der Waals surface area (Å²) < 4.78 is 5.94. The topological polar surface area (TPSA) is 139 Å². The molecule has 0 spiro atoms. The first-order chi connectivity index (χ1) is 13.5. The number of aromatic hydroxyl groups is 1. The molecule has 0 unspecified atom stereocenters. The molecule has 3 rings (SSSR count). The van der Waals surface area contributed by atoms with Gasteiger partial charge >= 0.3 is 5.69 Å². The van der Waals surface area contributed by atoms with Crippen LogP contribution < -0.4 is 21.4 Å². The molecule has 3 N–H and O–H groups in total. The number of nitrogens with zero attached hydrogens (tertiary/aromatic N) is 3. The molecule has 2 aromatic heterocycles. The van der Waals surface area contributed by atoms with Gasteiger partial charge in [0.2, 0.25) is 5.88 Å². The Labute approximate surface area is 157 Å². The third kappa shape index (κ3) is 3.80. The van der Waals surface area contributed by atoms with Gasteiger partial charge in [0, 0.05) is 18.0 Å². The van der Waals surface area contributed by atoms with E-state index in [1.165, 1.54) is 43.8 Å². The molecule has 3 aromatic rings. The fraction of sp³-hybridized carbons (Fsp3) is 0.0556. The average Bonchev–Trinajstić information content (AvgIpc) is 2.71. The molecule has 0 atom stereocenters. The summed E-state index contributed by atoms with van der Waals surface area (Å²) in [4.78, 5) is 42.0. The number of benzene rings is 1. The van der Waals surface area contributed by atoms with E-state index in [0.717, 1.165) is 10.8 Å². The van der Waals surface area contributed by atoms with Crippen LogP contribution in [-0.4, -0.2) is 38.9 Å². The molecule has 1 aromatic carbocycles. The first kappa shape index (κ1) is 18.6. The number of hydrogen-bond acceptors (Lipinski definition) is 7. The Balaban J connectivity index is 1.92. The minimum atomic E-state index is -0.853. The van der Waals surface area contributed by atoms with Gasteiger partial charge < -0.3 is 9.84 Å². The van der Waals surface area contributed by atoms with Crippen molar-refractivity contribution in [3.8, 4) is 17.3 Å². The minimum absolute atomic E-state index is 0.301. The normalized spacial score (nSPS) is 10.8. The molecule has 0 radical (unpaired) electrons. The van der Waals surface area contributed by atoms with E-state index < -0.39 is 23.0 Å². The van der Waals surface area contributed by atoms with Gasteiger partial charge in [0.15, 0.2) is 0 Å². The summed E-state index contributed by atoms with van der Waals surface area (Å²) >= 11 is 0. The quantitative estimate of drug-likeness (QED) is 0.432. The van der Waals surface area contributed by atoms with Gasteiger partial charge in [-0.3, -0.25) is 19.6 Å². The van der Waals surface area contributed by atoms with Crippen molar-refractivity contribution in [1.29, 1.82) is 0 Å². The van der Waals surface area contributed by atoms with Gasteiger partial charge in [-0.15, -0.1) is 0 Å². The average molecular weight is 381 g/mol. The molecule has 0 aliphatic rings. The lowest BCUT2D eigenvalue weighted by atomic mass is 10.2. The van der Waals surface area contributed by atoms with Crippen LogP contribution in [0.25, 0.3) is 5.69 Å². The molecule has 0 aliphatic carbocycles. The van der Waals surface area contributed by atoms with Gasteiger partial charge in [-0.1, -0.05) is 0 Å². The maximum atomic E-state index is 12.1. The van der Waals surface area contributed by atoms with Crippen LogP contribution in [0.1, 0.15) is 15.9 Å². The van der Waals surface area contributed by atoms with Crippen LogP contribution in [0.4, 0.5) is 0 Å². The zero-order valence-corrected chi connectivity index (χ0v) is 14.6. The Kier molecular flexibility index (Phi) is 5.30. The summed E-state index contributed by atoms with van der Waals surface area (Å²) in [5, 5.41) is 14.1. The smallest absolute Gasteiger partial charge is 0.335 e. The number of H-pyrrole nitrogens is 1. The van der Waals surface area contributed by atoms with Crippen molar-refractivity contribution in [2.24, 2.45) is 5.10 Å². The molecule has 142 valence electrons. The number of amides is 1. The van der Waals surface area contributed by atoms with Crippen LogP contribution in [0, 0.1) is 0 Å². The lowest BCUT2D eigenvalue weighted by Crippen LogP contribution is -2.31. The molecule has 0 bridgehead atoms. The highest BCUT2D eigenvalue weighted by atomic mass is 16.5. The molecule has 2 heterocycles. The van der Waals surface area contributed by atoms with Crippen molar-refractivity contribution in [3.63, 3.8) is 0 Å². The Hall–Kier alpha value is -4.21. The third-order valence-corrected chi connectivity index (χ3v) is 3.75. The molecule has 0 fully saturated rings. The van der Waals surface area contributed by atoms with E-state index in [2.05, 4.69) is 20.5 Å². The van der Waals surface area contributed by atoms with Gasteiger partial charge in [0.1, 0.15) is 11.3 Å². The number of methoxy groups -OCH3 is 1. The minimum Gasteiger partial charge on any atom is -0.497 e. The number of nitrogens with one attached hydrogen (secondary N) is 2. The predicted molar refractivity (Wildman–Crippen MR) is 100 cm³/mol. The second-order valence-corrected chi connectivity index (χ2v) is 5.47. The fourth-order valence-electron chi connectivity index (χ4n) is 2.35. The van der Waals surface area contributed by atoms with Crippen molar-refractivity contribution in [1.82, 2.24) is 20.0 Å². The van der Waals surface area contributed by atoms with Crippen LogP contribution in [0.2, 0.25) is 0 Å². The molecular weight excluding hydrogens is 366 g/mol. The highest BCUT2D eigenvalue weighted by molar-refractivity contribution is 5.94. The van der Waals surface area contributed by atoms with Crippen molar-refractivity contribution in [2.45, 2.75) is 0 Å². The van der Waals surface area contributed by atoms with Crippen molar-refractivity contribution in [2.75, 3.05) is 7.11 Å². The number of carbonyl (C=O) groups is 1. The van der Waals surface area contributed by atoms with Gasteiger partial charge in [-0.2, -0.15) is 5.10 Å². The molecule has 1 amide bonds. The molecule has 0 saturated carbocycles. The van der Waals surface area contributed by atoms with Crippen LogP contribution in [0.3, 0.4) is 0 Å². The SMILES string of the molecule is COc1ccc(-n2c(O)c(C=NNC(=O)c3ccncc3)c(=O)[nH]c2=O)cc1. The first-order valence-corrected chi connectivity index (χ1v) is 7.97. The first-order valence-electron chi connectivity index (χ1n) is 7.97. The number of hydrogen-bond donors (Lipinski definition) is 3. The second kappa shape index (κ2) is 7.99. The van der Waals surface area contributed by atoms with Crippen LogP contribution >= 0.6 is 0 Å². The highest BCUT2D eigenvalue weighted by Gasteiger charge is 2.14. The summed E-state index contributed by atoms with van der Waals surface area (Å²) in [6.07, 6.45) is 3.84. The Morgan fingerprint density at radius 2 is 1.89 bits per heavy atom. The number of ether oxygens (including phenoxy) is 1. The third-order valence-electron chi connectivity index (χ3n) is 3.75. The lowest BCUT2D eigenvalue weighted by Gasteiger charge is -2.10. The standard InChI is InChI=1S/C18H15N5O5/c1-28-13-4-2-12(3-5-13)23-17(26)14(16(25)21-18(23)27)10-20-22-15(24)11-6-8-19-9-7-11/h2-10,26H,1H3,(H,22,24)(H,21,25,27). The largest absolute Gasteiger partial charge is 0.497 e. The molecular formula is C18H15N5O5. The van der Waals surface area contributed by atoms with Gasteiger partial charge in [0.05, 0.1) is 19.0 Å². The molecule has 10 heteroatoms. The van der Waals surface area contributed by atoms with Crippen LogP contribution in [0.5, 0.6) is 11.6 Å². The highest BCUT2D eigenvalue weighted by Crippen LogP contribution is 2.18. The Morgan fingerprint density at radius 3 is 2.54 bits per heavy atom. The zero-order valence-electron chi connectivity index (χ0n) is 14.6. The van der Waals surface area contributed by atoms with Crippen LogP contribution in [0.15, 0.2) is 63.5 Å². The van der Waals surface area contributed by atoms with E-state index in [-0.39, 0.29) is 5.56 Å². The zero-order chi connectivity index (χ0) is 20.1. The van der Waals surface area contributed by atoms with Crippen molar-refractivity contribution >= 4 is 12.1 Å². The van der Waals surface area contributed by atoms with E-state index in [4.69, 9.17) is 4.74 Å². The molecule has 10 nitrogen and oxygen atoms in total. The fourth-order valence-corrected chi connectivity index (χ4v) is 2.35. The summed E-state index contributed by atoms with van der Waals surface area (Å²) in [5.41, 5.74) is 0.859. The lowest BCUT2D eigenvalue weighted by molar-refractivity contribution is 0.0955. The Morgan fingerprint density at radius 1 is 1.21 bits per heavy atom. The summed E-state index contributed by atoms with van der Waals surface area (Å²) in [6, 6.07) is 9.22. The second-order valence-electron chi connectivity index (χ2n) is 5.47. The molecule has 0 aliphatic heterocycles. The predicted octanol–water partition coefficient (Wildman–Crippen LogP) is 0.399. The van der Waals surface area contributed by atoms with E-state index in [1.54, 1.807) is 12.1 Å². The molecule has 0 saturated heterocycles. The summed E-state index contributed by atoms with van der Waals surface area (Å²) in [6.45, 7) is 0. The van der Waals surface area contributed by atoms with Gasteiger partial charge in [0.25, 0.3) is 11.5 Å². The summed E-state index contributed by atoms with van der Waals surface area (Å²) in [5.74, 6) is -0.597. The van der Waals surface area contributed by atoms with Gasteiger partial charge in [-0.05, 0) is 36.4 Å².